The zero-order valence-electron chi connectivity index (χ0n) is 12.2. The number of hydrogen-bond acceptors (Lipinski definition) is 3. The first kappa shape index (κ1) is 13.5. The Morgan fingerprint density at radius 2 is 1.81 bits per heavy atom. The molecule has 0 aliphatic carbocycles. The van der Waals surface area contributed by atoms with Crippen molar-refractivity contribution >= 4 is 0 Å². The Labute approximate surface area is 124 Å². The summed E-state index contributed by atoms with van der Waals surface area (Å²) in [6.45, 7) is 2.03. The molecule has 0 aliphatic heterocycles. The van der Waals surface area contributed by atoms with Crippen LogP contribution in [-0.2, 0) is 0 Å². The van der Waals surface area contributed by atoms with Crippen LogP contribution in [0.25, 0.3) is 5.69 Å². The van der Waals surface area contributed by atoms with Gasteiger partial charge in [-0.2, -0.15) is 5.10 Å². The van der Waals surface area contributed by atoms with Gasteiger partial charge in [0.1, 0.15) is 0 Å². The molecule has 21 heavy (non-hydrogen) atoms. The number of aromatic nitrogens is 3. The van der Waals surface area contributed by atoms with Crippen molar-refractivity contribution in [3.05, 3.63) is 77.9 Å². The van der Waals surface area contributed by atoms with E-state index in [0.717, 1.165) is 22.6 Å². The Hall–Kier alpha value is -2.46. The van der Waals surface area contributed by atoms with Crippen molar-refractivity contribution in [1.82, 2.24) is 20.1 Å². The van der Waals surface area contributed by atoms with E-state index >= 15 is 0 Å². The third kappa shape index (κ3) is 2.58. The highest BCUT2D eigenvalue weighted by molar-refractivity contribution is 5.37. The number of nitrogens with zero attached hydrogens (tertiary/aromatic N) is 3. The zero-order chi connectivity index (χ0) is 14.7. The molecule has 1 aromatic carbocycles. The first-order valence-electron chi connectivity index (χ1n) is 6.99. The first-order chi connectivity index (χ1) is 10.3. The number of aryl methyl sites for hydroxylation is 1. The topological polar surface area (TPSA) is 42.7 Å². The standard InChI is InChI=1S/C17H18N4/c1-13-15(9-6-11-19-13)17(18-2)16-10-12-20-21(16)14-7-4-3-5-8-14/h3-12,17-18H,1-2H3. The zero-order valence-corrected chi connectivity index (χ0v) is 12.2. The highest BCUT2D eigenvalue weighted by atomic mass is 15.3. The molecule has 0 radical (unpaired) electrons. The fourth-order valence-electron chi connectivity index (χ4n) is 2.58. The summed E-state index contributed by atoms with van der Waals surface area (Å²) >= 11 is 0. The minimum Gasteiger partial charge on any atom is -0.308 e. The van der Waals surface area contributed by atoms with Crippen molar-refractivity contribution in [3.63, 3.8) is 0 Å². The van der Waals surface area contributed by atoms with Crippen LogP contribution in [0.2, 0.25) is 0 Å². The molecule has 1 atom stereocenters. The molecule has 0 aliphatic rings. The quantitative estimate of drug-likeness (QED) is 0.798. The molecule has 2 aromatic heterocycles. The number of pyridine rings is 1. The molecule has 0 saturated carbocycles. The molecule has 0 bridgehead atoms. The molecule has 1 unspecified atom stereocenters. The lowest BCUT2D eigenvalue weighted by Gasteiger charge is -2.19. The molecule has 0 fully saturated rings. The largest absolute Gasteiger partial charge is 0.308 e. The van der Waals surface area contributed by atoms with Crippen molar-refractivity contribution < 1.29 is 0 Å². The predicted octanol–water partition coefficient (Wildman–Crippen LogP) is 2.88. The molecule has 0 saturated heterocycles. The van der Waals surface area contributed by atoms with Gasteiger partial charge in [-0.15, -0.1) is 0 Å². The van der Waals surface area contributed by atoms with E-state index < -0.39 is 0 Å². The lowest BCUT2D eigenvalue weighted by Crippen LogP contribution is -2.22. The SMILES string of the molecule is CNC(c1cccnc1C)c1ccnn1-c1ccccc1. The Kier molecular flexibility index (Phi) is 3.79. The maximum absolute atomic E-state index is 4.47. The van der Waals surface area contributed by atoms with E-state index in [0.29, 0.717) is 0 Å². The van der Waals surface area contributed by atoms with Crippen molar-refractivity contribution in [1.29, 1.82) is 0 Å². The number of para-hydroxylation sites is 1. The van der Waals surface area contributed by atoms with E-state index in [-0.39, 0.29) is 6.04 Å². The van der Waals surface area contributed by atoms with Crippen LogP contribution >= 0.6 is 0 Å². The van der Waals surface area contributed by atoms with Gasteiger partial charge >= 0.3 is 0 Å². The van der Waals surface area contributed by atoms with Gasteiger partial charge in [0, 0.05) is 18.1 Å². The van der Waals surface area contributed by atoms with Gasteiger partial charge in [-0.3, -0.25) is 4.98 Å². The van der Waals surface area contributed by atoms with E-state index in [1.807, 2.05) is 61.4 Å². The molecular weight excluding hydrogens is 260 g/mol. The molecule has 4 nitrogen and oxygen atoms in total. The number of hydrogen-bond donors (Lipinski definition) is 1. The van der Waals surface area contributed by atoms with Crippen LogP contribution in [0.15, 0.2) is 60.9 Å². The normalized spacial score (nSPS) is 12.3. The number of benzene rings is 1. The molecule has 4 heteroatoms. The monoisotopic (exact) mass is 278 g/mol. The average Bonchev–Trinajstić information content (AvgIpc) is 3.00. The summed E-state index contributed by atoms with van der Waals surface area (Å²) in [5.74, 6) is 0. The number of rotatable bonds is 4. The lowest BCUT2D eigenvalue weighted by atomic mass is 10.0. The summed E-state index contributed by atoms with van der Waals surface area (Å²) in [5, 5.41) is 7.84. The molecule has 1 N–H and O–H groups in total. The molecule has 3 aromatic rings. The van der Waals surface area contributed by atoms with Crippen molar-refractivity contribution in [2.45, 2.75) is 13.0 Å². The molecule has 3 rings (SSSR count). The molecule has 0 amide bonds. The first-order valence-corrected chi connectivity index (χ1v) is 6.99. The van der Waals surface area contributed by atoms with Crippen LogP contribution < -0.4 is 5.32 Å². The van der Waals surface area contributed by atoms with E-state index in [1.54, 1.807) is 0 Å². The summed E-state index contributed by atoms with van der Waals surface area (Å²) in [6.07, 6.45) is 3.65. The Balaban J connectivity index is 2.08. The predicted molar refractivity (Wildman–Crippen MR) is 83.4 cm³/mol. The third-order valence-electron chi connectivity index (χ3n) is 3.62. The van der Waals surface area contributed by atoms with Gasteiger partial charge in [-0.1, -0.05) is 24.3 Å². The van der Waals surface area contributed by atoms with Crippen LogP contribution in [-0.4, -0.2) is 21.8 Å². The van der Waals surface area contributed by atoms with E-state index in [9.17, 15) is 0 Å². The summed E-state index contributed by atoms with van der Waals surface area (Å²) in [6, 6.07) is 16.3. The van der Waals surface area contributed by atoms with Gasteiger partial charge in [-0.05, 0) is 43.8 Å². The van der Waals surface area contributed by atoms with Gasteiger partial charge in [0.2, 0.25) is 0 Å². The van der Waals surface area contributed by atoms with Crippen molar-refractivity contribution in [2.24, 2.45) is 0 Å². The van der Waals surface area contributed by atoms with Crippen molar-refractivity contribution in [2.75, 3.05) is 7.05 Å². The Morgan fingerprint density at radius 3 is 2.52 bits per heavy atom. The molecular formula is C17H18N4. The van der Waals surface area contributed by atoms with Crippen LogP contribution in [0.3, 0.4) is 0 Å². The van der Waals surface area contributed by atoms with Gasteiger partial charge in [0.15, 0.2) is 0 Å². The van der Waals surface area contributed by atoms with Gasteiger partial charge in [0.25, 0.3) is 0 Å². The van der Waals surface area contributed by atoms with Crippen LogP contribution in [0.4, 0.5) is 0 Å². The van der Waals surface area contributed by atoms with Gasteiger partial charge < -0.3 is 5.32 Å². The second-order valence-electron chi connectivity index (χ2n) is 4.90. The maximum Gasteiger partial charge on any atom is 0.0768 e. The summed E-state index contributed by atoms with van der Waals surface area (Å²) in [4.78, 5) is 4.39. The van der Waals surface area contributed by atoms with E-state index in [1.165, 1.54) is 0 Å². The minimum absolute atomic E-state index is 0.0569. The van der Waals surface area contributed by atoms with Crippen LogP contribution in [0.5, 0.6) is 0 Å². The van der Waals surface area contributed by atoms with Gasteiger partial charge in [0.05, 0.1) is 17.4 Å². The van der Waals surface area contributed by atoms with E-state index in [4.69, 9.17) is 0 Å². The fourth-order valence-corrected chi connectivity index (χ4v) is 2.58. The highest BCUT2D eigenvalue weighted by Gasteiger charge is 2.19. The van der Waals surface area contributed by atoms with Crippen molar-refractivity contribution in [3.8, 4) is 5.69 Å². The summed E-state index contributed by atoms with van der Waals surface area (Å²) in [5.41, 5.74) is 4.34. The smallest absolute Gasteiger partial charge is 0.0768 e. The average molecular weight is 278 g/mol. The lowest BCUT2D eigenvalue weighted by molar-refractivity contribution is 0.631. The van der Waals surface area contributed by atoms with Gasteiger partial charge in [-0.25, -0.2) is 4.68 Å². The molecule has 106 valence electrons. The second-order valence-corrected chi connectivity index (χ2v) is 4.90. The van der Waals surface area contributed by atoms with Crippen LogP contribution in [0, 0.1) is 6.92 Å². The summed E-state index contributed by atoms with van der Waals surface area (Å²) < 4.78 is 1.97. The Morgan fingerprint density at radius 1 is 1.00 bits per heavy atom. The fraction of sp³-hybridized carbons (Fsp3) is 0.176. The second kappa shape index (κ2) is 5.89. The molecule has 2 heterocycles. The Bertz CT molecular complexity index is 718. The maximum atomic E-state index is 4.47. The van der Waals surface area contributed by atoms with Crippen LogP contribution in [0.1, 0.15) is 23.0 Å². The highest BCUT2D eigenvalue weighted by Crippen LogP contribution is 2.25. The number of nitrogens with one attached hydrogen (secondary N) is 1. The third-order valence-corrected chi connectivity index (χ3v) is 3.62. The summed E-state index contributed by atoms with van der Waals surface area (Å²) in [7, 11) is 1.96. The molecule has 0 spiro atoms. The van der Waals surface area contributed by atoms with E-state index in [2.05, 4.69) is 33.6 Å². The minimum atomic E-state index is 0.0569.